The van der Waals surface area contributed by atoms with Gasteiger partial charge in [0.25, 0.3) is 0 Å². The number of benzene rings is 1. The van der Waals surface area contributed by atoms with Crippen LogP contribution in [0.4, 0.5) is 11.4 Å². The Morgan fingerprint density at radius 3 is 2.45 bits per heavy atom. The maximum atomic E-state index is 11.8. The second-order valence-electron chi connectivity index (χ2n) is 9.64. The largest absolute Gasteiger partial charge is 0.351 e. The van der Waals surface area contributed by atoms with Crippen LogP contribution in [-0.4, -0.2) is 34.3 Å². The van der Waals surface area contributed by atoms with Crippen molar-refractivity contribution in [3.8, 4) is 0 Å². The standard InChI is InChI=1S/C28H30N6O2S2/c1-18-15-22(8-9-24(18)32-38(4,35)36)34-27(26(31-28(34)37)25-7-5-6-12-30-25)23-16-19(2)33(20(23)3)17-21-10-13-29-14-11-21/h5-16,26-27,32H,17H2,1-4H3,(H,31,37)/t26-,27+/m1/s1. The highest BCUT2D eigenvalue weighted by Crippen LogP contribution is 2.44. The van der Waals surface area contributed by atoms with Gasteiger partial charge in [-0.25, -0.2) is 8.42 Å². The van der Waals surface area contributed by atoms with Gasteiger partial charge in [-0.1, -0.05) is 6.07 Å². The maximum absolute atomic E-state index is 11.8. The number of pyridine rings is 2. The SMILES string of the molecule is Cc1cc(N2C(=S)N[C@H](c3ccccn3)[C@@H]2c2cc(C)n(Cc3ccncc3)c2C)ccc1NS(C)(=O)=O. The van der Waals surface area contributed by atoms with E-state index >= 15 is 0 Å². The molecule has 1 aliphatic heterocycles. The van der Waals surface area contributed by atoms with E-state index in [0.717, 1.165) is 46.7 Å². The first kappa shape index (κ1) is 25.9. The van der Waals surface area contributed by atoms with Gasteiger partial charge in [0.15, 0.2) is 5.11 Å². The van der Waals surface area contributed by atoms with Crippen molar-refractivity contribution < 1.29 is 8.42 Å². The summed E-state index contributed by atoms with van der Waals surface area (Å²) in [4.78, 5) is 10.9. The van der Waals surface area contributed by atoms with Crippen LogP contribution in [0.2, 0.25) is 0 Å². The molecule has 196 valence electrons. The Bertz CT molecular complexity index is 1590. The molecule has 1 aromatic carbocycles. The summed E-state index contributed by atoms with van der Waals surface area (Å²) < 4.78 is 28.5. The minimum atomic E-state index is -3.39. The summed E-state index contributed by atoms with van der Waals surface area (Å²) >= 11 is 5.89. The average molecular weight is 547 g/mol. The van der Waals surface area contributed by atoms with Crippen LogP contribution in [0, 0.1) is 20.8 Å². The molecular formula is C28H30N6O2S2. The topological polar surface area (TPSA) is 92.2 Å². The Morgan fingerprint density at radius 1 is 1.03 bits per heavy atom. The zero-order valence-corrected chi connectivity index (χ0v) is 23.3. The van der Waals surface area contributed by atoms with Crippen molar-refractivity contribution in [3.05, 3.63) is 107 Å². The summed E-state index contributed by atoms with van der Waals surface area (Å²) in [6.07, 6.45) is 6.57. The summed E-state index contributed by atoms with van der Waals surface area (Å²) in [6.45, 7) is 6.89. The highest BCUT2D eigenvalue weighted by molar-refractivity contribution is 7.92. The van der Waals surface area contributed by atoms with Crippen molar-refractivity contribution in [1.29, 1.82) is 0 Å². The van der Waals surface area contributed by atoms with Crippen molar-refractivity contribution >= 4 is 38.7 Å². The first-order chi connectivity index (χ1) is 18.1. The van der Waals surface area contributed by atoms with Gasteiger partial charge < -0.3 is 14.8 Å². The number of rotatable bonds is 7. The summed E-state index contributed by atoms with van der Waals surface area (Å²) in [5.74, 6) is 0. The van der Waals surface area contributed by atoms with E-state index in [9.17, 15) is 8.42 Å². The summed E-state index contributed by atoms with van der Waals surface area (Å²) in [6, 6.07) is 17.5. The monoisotopic (exact) mass is 546 g/mol. The fourth-order valence-electron chi connectivity index (χ4n) is 5.10. The molecule has 2 N–H and O–H groups in total. The van der Waals surface area contributed by atoms with Crippen LogP contribution in [0.25, 0.3) is 0 Å². The van der Waals surface area contributed by atoms with E-state index in [1.807, 2.05) is 61.8 Å². The van der Waals surface area contributed by atoms with Crippen LogP contribution in [0.15, 0.2) is 73.2 Å². The van der Waals surface area contributed by atoms with E-state index < -0.39 is 10.0 Å². The van der Waals surface area contributed by atoms with E-state index in [0.29, 0.717) is 10.8 Å². The van der Waals surface area contributed by atoms with Gasteiger partial charge in [-0.05, 0) is 98.2 Å². The maximum Gasteiger partial charge on any atom is 0.229 e. The number of thiocarbonyl (C=S) groups is 1. The second-order valence-corrected chi connectivity index (χ2v) is 11.8. The molecule has 10 heteroatoms. The third-order valence-electron chi connectivity index (χ3n) is 6.90. The minimum Gasteiger partial charge on any atom is -0.351 e. The molecule has 0 radical (unpaired) electrons. The molecule has 8 nitrogen and oxygen atoms in total. The molecule has 1 aliphatic rings. The van der Waals surface area contributed by atoms with Crippen molar-refractivity contribution in [2.45, 2.75) is 39.4 Å². The molecule has 1 fully saturated rings. The van der Waals surface area contributed by atoms with Gasteiger partial charge in [-0.15, -0.1) is 0 Å². The molecule has 4 heterocycles. The Labute approximate surface area is 228 Å². The molecule has 2 atom stereocenters. The van der Waals surface area contributed by atoms with Crippen LogP contribution in [0.5, 0.6) is 0 Å². The first-order valence-electron chi connectivity index (χ1n) is 12.3. The first-order valence-corrected chi connectivity index (χ1v) is 14.6. The molecule has 0 aliphatic carbocycles. The highest BCUT2D eigenvalue weighted by Gasteiger charge is 2.42. The number of sulfonamides is 1. The molecule has 0 unspecified atom stereocenters. The van der Waals surface area contributed by atoms with E-state index in [2.05, 4.69) is 49.4 Å². The molecule has 0 amide bonds. The van der Waals surface area contributed by atoms with E-state index in [1.165, 1.54) is 5.56 Å². The molecule has 0 spiro atoms. The molecule has 0 bridgehead atoms. The molecular weight excluding hydrogens is 516 g/mol. The Balaban J connectivity index is 1.60. The number of anilines is 2. The number of nitrogens with one attached hydrogen (secondary N) is 2. The number of hydrogen-bond acceptors (Lipinski definition) is 5. The third-order valence-corrected chi connectivity index (χ3v) is 7.81. The van der Waals surface area contributed by atoms with Gasteiger partial charge in [0.05, 0.1) is 29.7 Å². The van der Waals surface area contributed by atoms with Crippen molar-refractivity contribution in [1.82, 2.24) is 19.9 Å². The summed E-state index contributed by atoms with van der Waals surface area (Å²) in [5, 5.41) is 4.10. The number of nitrogens with zero attached hydrogens (tertiary/aromatic N) is 4. The lowest BCUT2D eigenvalue weighted by Crippen LogP contribution is -2.29. The molecule has 4 aromatic rings. The van der Waals surface area contributed by atoms with Gasteiger partial charge in [0.1, 0.15) is 0 Å². The fourth-order valence-corrected chi connectivity index (χ4v) is 6.08. The van der Waals surface area contributed by atoms with Crippen LogP contribution in [0.1, 0.15) is 45.9 Å². The van der Waals surface area contributed by atoms with E-state index in [1.54, 1.807) is 12.3 Å². The number of aromatic nitrogens is 3. The Morgan fingerprint density at radius 2 is 1.79 bits per heavy atom. The van der Waals surface area contributed by atoms with Gasteiger partial charge in [-0.2, -0.15) is 0 Å². The van der Waals surface area contributed by atoms with Crippen molar-refractivity contribution in [2.75, 3.05) is 15.9 Å². The van der Waals surface area contributed by atoms with Crippen LogP contribution >= 0.6 is 12.2 Å². The molecule has 0 saturated carbocycles. The van der Waals surface area contributed by atoms with Gasteiger partial charge >= 0.3 is 0 Å². The third kappa shape index (κ3) is 5.14. The molecule has 5 rings (SSSR count). The summed E-state index contributed by atoms with van der Waals surface area (Å²) in [7, 11) is -3.39. The van der Waals surface area contributed by atoms with E-state index in [-0.39, 0.29) is 12.1 Å². The molecule has 3 aromatic heterocycles. The number of hydrogen-bond donors (Lipinski definition) is 2. The second kappa shape index (κ2) is 10.2. The fraction of sp³-hybridized carbons (Fsp3) is 0.250. The molecule has 1 saturated heterocycles. The van der Waals surface area contributed by atoms with Crippen molar-refractivity contribution in [2.24, 2.45) is 0 Å². The average Bonchev–Trinajstić information content (AvgIpc) is 3.36. The van der Waals surface area contributed by atoms with Crippen LogP contribution in [0.3, 0.4) is 0 Å². The lowest BCUT2D eigenvalue weighted by atomic mass is 9.96. The van der Waals surface area contributed by atoms with Crippen molar-refractivity contribution in [3.63, 3.8) is 0 Å². The predicted molar refractivity (Wildman–Crippen MR) is 155 cm³/mol. The van der Waals surface area contributed by atoms with E-state index in [4.69, 9.17) is 12.2 Å². The lowest BCUT2D eigenvalue weighted by molar-refractivity contribution is 0.563. The summed E-state index contributed by atoms with van der Waals surface area (Å²) in [5.41, 5.74) is 7.74. The van der Waals surface area contributed by atoms with Gasteiger partial charge in [-0.3, -0.25) is 14.7 Å². The smallest absolute Gasteiger partial charge is 0.229 e. The zero-order chi connectivity index (χ0) is 27.0. The number of aryl methyl sites for hydroxylation is 2. The van der Waals surface area contributed by atoms with Gasteiger partial charge in [0, 0.05) is 42.2 Å². The quantitative estimate of drug-likeness (QED) is 0.322. The highest BCUT2D eigenvalue weighted by atomic mass is 32.2. The Hall–Kier alpha value is -3.76. The minimum absolute atomic E-state index is 0.164. The lowest BCUT2D eigenvalue weighted by Gasteiger charge is -2.29. The Kier molecular flexibility index (Phi) is 6.93. The normalized spacial score (nSPS) is 17.5. The molecule has 38 heavy (non-hydrogen) atoms. The predicted octanol–water partition coefficient (Wildman–Crippen LogP) is 4.80. The zero-order valence-electron chi connectivity index (χ0n) is 21.7. The van der Waals surface area contributed by atoms with Crippen LogP contribution in [-0.2, 0) is 16.6 Å². The van der Waals surface area contributed by atoms with Crippen LogP contribution < -0.4 is 14.9 Å². The van der Waals surface area contributed by atoms with Gasteiger partial charge in [0.2, 0.25) is 10.0 Å².